The molecule has 0 bridgehead atoms. The molecule has 1 heterocycles. The van der Waals surface area contributed by atoms with Gasteiger partial charge in [-0.3, -0.25) is 0 Å². The van der Waals surface area contributed by atoms with Gasteiger partial charge in [-0.2, -0.15) is 0 Å². The van der Waals surface area contributed by atoms with Gasteiger partial charge in [0.1, 0.15) is 11.6 Å². The Morgan fingerprint density at radius 1 is 1.16 bits per heavy atom. The number of aryl methyl sites for hydroxylation is 1. The van der Waals surface area contributed by atoms with E-state index in [-0.39, 0.29) is 22.3 Å². The number of likely N-dealkylation sites (N-methyl/N-ethyl adjacent to an activating group) is 1. The number of halogens is 1. The molecule has 1 unspecified atom stereocenters. The Labute approximate surface area is 189 Å². The Bertz CT molecular complexity index is 1170. The minimum absolute atomic E-state index is 0.0351. The third-order valence-electron chi connectivity index (χ3n) is 5.84. The molecule has 0 aliphatic carbocycles. The van der Waals surface area contributed by atoms with Crippen LogP contribution in [0.3, 0.4) is 0 Å². The van der Waals surface area contributed by atoms with Gasteiger partial charge < -0.3 is 15.0 Å². The fraction of sp³-hybridized carbons (Fsp3) is 0.455. The zero-order chi connectivity index (χ0) is 23.7. The molecule has 0 amide bonds. The van der Waals surface area contributed by atoms with Crippen molar-refractivity contribution in [3.8, 4) is 5.75 Å². The number of nitrogens with zero attached hydrogens (tertiary/aromatic N) is 1. The highest BCUT2D eigenvalue weighted by Crippen LogP contribution is 2.29. The van der Waals surface area contributed by atoms with Crippen LogP contribution in [-0.2, 0) is 19.7 Å². The van der Waals surface area contributed by atoms with E-state index in [1.165, 1.54) is 13.0 Å². The van der Waals surface area contributed by atoms with E-state index in [1.54, 1.807) is 7.11 Å². The number of hydrogen-bond donors (Lipinski definition) is 1. The quantitative estimate of drug-likeness (QED) is 0.573. The van der Waals surface area contributed by atoms with E-state index in [4.69, 9.17) is 4.74 Å². The fourth-order valence-electron chi connectivity index (χ4n) is 4.09. The second-order valence-electron chi connectivity index (χ2n) is 8.34. The maximum absolute atomic E-state index is 13.5. The first kappa shape index (κ1) is 24.6. The lowest BCUT2D eigenvalue weighted by atomic mass is 10.1. The molecule has 0 saturated carbocycles. The van der Waals surface area contributed by atoms with Gasteiger partial charge in [0.25, 0.3) is 0 Å². The first-order chi connectivity index (χ1) is 14.9. The van der Waals surface area contributed by atoms with Crippen LogP contribution in [0.25, 0.3) is 0 Å². The van der Waals surface area contributed by atoms with Crippen molar-refractivity contribution in [3.05, 3.63) is 59.4 Å². The summed E-state index contributed by atoms with van der Waals surface area (Å²) in [7, 11) is -2.14. The Hall–Kier alpha value is -2.01. The minimum Gasteiger partial charge on any atom is -0.497 e. The zero-order valence-corrected chi connectivity index (χ0v) is 20.2. The number of rotatable bonds is 8. The molecule has 0 radical (unpaired) electrons. The highest BCUT2D eigenvalue weighted by Gasteiger charge is 2.46. The maximum Gasteiger partial charge on any atom is 0.184 e. The van der Waals surface area contributed by atoms with E-state index in [1.807, 2.05) is 43.3 Å². The Kier molecular flexibility index (Phi) is 7.28. The van der Waals surface area contributed by atoms with Crippen LogP contribution < -0.4 is 10.1 Å². The molecular weight excluding hydrogens is 455 g/mol. The van der Waals surface area contributed by atoms with Crippen LogP contribution in [0.5, 0.6) is 5.75 Å². The lowest BCUT2D eigenvalue weighted by Crippen LogP contribution is -2.46. The molecule has 1 aliphatic heterocycles. The highest BCUT2D eigenvalue weighted by molar-refractivity contribution is 7.96. The third kappa shape index (κ3) is 5.31. The van der Waals surface area contributed by atoms with Gasteiger partial charge in [-0.25, -0.2) is 21.2 Å². The summed E-state index contributed by atoms with van der Waals surface area (Å²) in [5.41, 5.74) is 1.25. The summed E-state index contributed by atoms with van der Waals surface area (Å²) in [5.74, 6) is -0.538. The van der Waals surface area contributed by atoms with E-state index < -0.39 is 42.5 Å². The molecule has 0 aromatic heterocycles. The SMILES string of the molecule is COc1ccc(C(CN[C@H]2CS(=O)(=O)C[C@@H]2S(=O)(=O)c2ccc(F)cc2C)N(C)C)cc1. The van der Waals surface area contributed by atoms with E-state index in [2.05, 4.69) is 5.32 Å². The molecule has 3 atom stereocenters. The molecule has 2 aromatic rings. The van der Waals surface area contributed by atoms with Gasteiger partial charge in [0.2, 0.25) is 0 Å². The maximum atomic E-state index is 13.5. The third-order valence-corrected chi connectivity index (χ3v) is 10.1. The predicted molar refractivity (Wildman–Crippen MR) is 122 cm³/mol. The lowest BCUT2D eigenvalue weighted by Gasteiger charge is -2.28. The standard InChI is InChI=1S/C22H29FN2O5S2/c1-15-11-17(23)7-10-21(15)32(28,29)22-14-31(26,27)13-19(22)24-12-20(25(2)3)16-5-8-18(30-4)9-6-16/h5-11,19-20,22,24H,12-14H2,1-4H3/t19-,20?,22-/m0/s1. The largest absolute Gasteiger partial charge is 0.497 e. The lowest BCUT2D eigenvalue weighted by molar-refractivity contribution is 0.281. The van der Waals surface area contributed by atoms with Crippen LogP contribution in [0, 0.1) is 12.7 Å². The number of methoxy groups -OCH3 is 1. The van der Waals surface area contributed by atoms with Crippen LogP contribution in [0.15, 0.2) is 47.4 Å². The van der Waals surface area contributed by atoms with Gasteiger partial charge in [-0.05, 0) is 62.5 Å². The molecule has 1 N–H and O–H groups in total. The summed E-state index contributed by atoms with van der Waals surface area (Å²) in [6, 6.07) is 10.1. The molecule has 1 saturated heterocycles. The summed E-state index contributed by atoms with van der Waals surface area (Å²) in [4.78, 5) is 1.94. The Balaban J connectivity index is 1.86. The van der Waals surface area contributed by atoms with E-state index in [0.717, 1.165) is 23.4 Å². The highest BCUT2D eigenvalue weighted by atomic mass is 32.2. The molecule has 0 spiro atoms. The van der Waals surface area contributed by atoms with Gasteiger partial charge in [0.15, 0.2) is 19.7 Å². The number of sulfone groups is 2. The van der Waals surface area contributed by atoms with Crippen molar-refractivity contribution in [3.63, 3.8) is 0 Å². The topological polar surface area (TPSA) is 92.8 Å². The molecule has 1 aliphatic rings. The summed E-state index contributed by atoms with van der Waals surface area (Å²) < 4.78 is 70.2. The summed E-state index contributed by atoms with van der Waals surface area (Å²) >= 11 is 0. The van der Waals surface area contributed by atoms with Crippen LogP contribution in [0.4, 0.5) is 4.39 Å². The normalized spacial score (nSPS) is 21.6. The van der Waals surface area contributed by atoms with E-state index >= 15 is 0 Å². The molecule has 1 fully saturated rings. The van der Waals surface area contributed by atoms with Gasteiger partial charge in [0.05, 0.1) is 28.8 Å². The molecule has 10 heteroatoms. The zero-order valence-electron chi connectivity index (χ0n) is 18.6. The smallest absolute Gasteiger partial charge is 0.184 e. The monoisotopic (exact) mass is 484 g/mol. The molecular formula is C22H29FN2O5S2. The van der Waals surface area contributed by atoms with Gasteiger partial charge in [-0.1, -0.05) is 12.1 Å². The van der Waals surface area contributed by atoms with Gasteiger partial charge in [0, 0.05) is 18.6 Å². The fourth-order valence-corrected chi connectivity index (χ4v) is 9.04. The summed E-state index contributed by atoms with van der Waals surface area (Å²) in [5, 5.41) is 2.05. The van der Waals surface area contributed by atoms with E-state index in [0.29, 0.717) is 6.54 Å². The Morgan fingerprint density at radius 3 is 2.38 bits per heavy atom. The molecule has 7 nitrogen and oxygen atoms in total. The first-order valence-electron chi connectivity index (χ1n) is 10.2. The molecule has 2 aromatic carbocycles. The average Bonchev–Trinajstić information content (AvgIpc) is 3.03. The second-order valence-corrected chi connectivity index (χ2v) is 12.6. The van der Waals surface area contributed by atoms with Crippen LogP contribution in [0.2, 0.25) is 0 Å². The number of nitrogens with one attached hydrogen (secondary N) is 1. The number of hydrogen-bond acceptors (Lipinski definition) is 7. The van der Waals surface area contributed by atoms with Crippen molar-refractivity contribution < 1.29 is 26.0 Å². The van der Waals surface area contributed by atoms with Crippen molar-refractivity contribution in [1.82, 2.24) is 10.2 Å². The average molecular weight is 485 g/mol. The molecule has 3 rings (SSSR count). The predicted octanol–water partition coefficient (Wildman–Crippen LogP) is 1.97. The second kappa shape index (κ2) is 9.46. The number of ether oxygens (including phenoxy) is 1. The molecule has 32 heavy (non-hydrogen) atoms. The summed E-state index contributed by atoms with van der Waals surface area (Å²) in [6.45, 7) is 1.86. The molecule has 176 valence electrons. The van der Waals surface area contributed by atoms with Crippen molar-refractivity contribution in [1.29, 1.82) is 0 Å². The van der Waals surface area contributed by atoms with Crippen molar-refractivity contribution in [2.45, 2.75) is 29.2 Å². The van der Waals surface area contributed by atoms with Crippen LogP contribution in [0.1, 0.15) is 17.2 Å². The van der Waals surface area contributed by atoms with Crippen LogP contribution in [-0.4, -0.2) is 72.3 Å². The van der Waals surface area contributed by atoms with Crippen LogP contribution >= 0.6 is 0 Å². The van der Waals surface area contributed by atoms with Gasteiger partial charge >= 0.3 is 0 Å². The first-order valence-corrected chi connectivity index (χ1v) is 13.6. The summed E-state index contributed by atoms with van der Waals surface area (Å²) in [6.07, 6.45) is 0. The van der Waals surface area contributed by atoms with Crippen molar-refractivity contribution >= 4 is 19.7 Å². The van der Waals surface area contributed by atoms with Crippen molar-refractivity contribution in [2.24, 2.45) is 0 Å². The minimum atomic E-state index is -3.99. The number of benzene rings is 2. The van der Waals surface area contributed by atoms with Gasteiger partial charge in [-0.15, -0.1) is 0 Å². The van der Waals surface area contributed by atoms with Crippen molar-refractivity contribution in [2.75, 3.05) is 39.3 Å². The van der Waals surface area contributed by atoms with E-state index in [9.17, 15) is 21.2 Å². The Morgan fingerprint density at radius 2 is 1.81 bits per heavy atom.